The highest BCUT2D eigenvalue weighted by atomic mass is 32.2. The van der Waals surface area contributed by atoms with E-state index in [1.54, 1.807) is 43.1 Å². The van der Waals surface area contributed by atoms with Gasteiger partial charge < -0.3 is 9.64 Å². The molecule has 0 amide bonds. The second-order valence-electron chi connectivity index (χ2n) is 4.17. The van der Waals surface area contributed by atoms with Crippen LogP contribution in [0.25, 0.3) is 0 Å². The molecule has 1 aromatic rings. The summed E-state index contributed by atoms with van der Waals surface area (Å²) >= 11 is 0. The lowest BCUT2D eigenvalue weighted by Gasteiger charge is -2.21. The minimum Gasteiger partial charge on any atom is -0.465 e. The number of ether oxygens (including phenoxy) is 1. The number of esters is 1. The standard InChI is InChI=1S/C13H19NO4S/c1-4-19(16,17)10-9-14(2)12-8-6-5-7-11(12)13(15)18-3/h5-8H,4,9-10H2,1-3H3. The third kappa shape index (κ3) is 4.24. The normalized spacial score (nSPS) is 11.1. The van der Waals surface area contributed by atoms with Gasteiger partial charge in [0.25, 0.3) is 0 Å². The molecule has 0 aliphatic rings. The summed E-state index contributed by atoms with van der Waals surface area (Å²) in [5, 5.41) is 0. The highest BCUT2D eigenvalue weighted by molar-refractivity contribution is 7.91. The van der Waals surface area contributed by atoms with E-state index >= 15 is 0 Å². The Morgan fingerprint density at radius 1 is 1.32 bits per heavy atom. The topological polar surface area (TPSA) is 63.7 Å². The first-order chi connectivity index (χ1) is 8.91. The minimum absolute atomic E-state index is 0.0650. The van der Waals surface area contributed by atoms with Crippen LogP contribution in [0.5, 0.6) is 0 Å². The zero-order valence-electron chi connectivity index (χ0n) is 11.4. The molecular weight excluding hydrogens is 266 g/mol. The van der Waals surface area contributed by atoms with E-state index in [1.165, 1.54) is 7.11 Å². The fourth-order valence-corrected chi connectivity index (χ4v) is 2.47. The Labute approximate surface area is 114 Å². The van der Waals surface area contributed by atoms with Crippen molar-refractivity contribution in [2.45, 2.75) is 6.92 Å². The number of carbonyl (C=O) groups excluding carboxylic acids is 1. The Bertz CT molecular complexity index is 539. The summed E-state index contributed by atoms with van der Waals surface area (Å²) in [6, 6.07) is 6.97. The number of nitrogens with zero attached hydrogens (tertiary/aromatic N) is 1. The van der Waals surface area contributed by atoms with Crippen LogP contribution in [0.15, 0.2) is 24.3 Å². The molecule has 0 aliphatic carbocycles. The van der Waals surface area contributed by atoms with Gasteiger partial charge in [-0.3, -0.25) is 0 Å². The lowest BCUT2D eigenvalue weighted by Crippen LogP contribution is -2.27. The Balaban J connectivity index is 2.88. The first-order valence-electron chi connectivity index (χ1n) is 6.00. The fourth-order valence-electron chi connectivity index (χ4n) is 1.63. The molecule has 0 saturated heterocycles. The summed E-state index contributed by atoms with van der Waals surface area (Å²) in [7, 11) is 0.0579. The van der Waals surface area contributed by atoms with Crippen molar-refractivity contribution in [2.75, 3.05) is 37.1 Å². The number of methoxy groups -OCH3 is 1. The van der Waals surface area contributed by atoms with Gasteiger partial charge in [-0.15, -0.1) is 0 Å². The number of hydrogen-bond donors (Lipinski definition) is 0. The summed E-state index contributed by atoms with van der Waals surface area (Å²) in [4.78, 5) is 13.4. The van der Waals surface area contributed by atoms with Gasteiger partial charge in [-0.2, -0.15) is 0 Å². The molecule has 5 nitrogen and oxygen atoms in total. The van der Waals surface area contributed by atoms with Crippen LogP contribution in [-0.4, -0.2) is 46.6 Å². The maximum absolute atomic E-state index is 11.6. The number of benzene rings is 1. The van der Waals surface area contributed by atoms with E-state index in [1.807, 2.05) is 0 Å². The first kappa shape index (κ1) is 15.5. The zero-order chi connectivity index (χ0) is 14.5. The molecule has 0 spiro atoms. The smallest absolute Gasteiger partial charge is 0.339 e. The molecule has 0 unspecified atom stereocenters. The number of sulfone groups is 1. The molecule has 0 aromatic heterocycles. The number of carbonyl (C=O) groups is 1. The predicted octanol–water partition coefficient (Wildman–Crippen LogP) is 1.34. The Hall–Kier alpha value is -1.56. The van der Waals surface area contributed by atoms with E-state index in [0.29, 0.717) is 17.8 Å². The first-order valence-corrected chi connectivity index (χ1v) is 7.82. The van der Waals surface area contributed by atoms with Crippen LogP contribution in [0.2, 0.25) is 0 Å². The SMILES string of the molecule is CCS(=O)(=O)CCN(C)c1ccccc1C(=O)OC. The maximum Gasteiger partial charge on any atom is 0.339 e. The van der Waals surface area contributed by atoms with Crippen molar-refractivity contribution < 1.29 is 17.9 Å². The van der Waals surface area contributed by atoms with E-state index in [2.05, 4.69) is 0 Å². The number of para-hydroxylation sites is 1. The molecule has 0 radical (unpaired) electrons. The van der Waals surface area contributed by atoms with Crippen molar-refractivity contribution in [2.24, 2.45) is 0 Å². The molecule has 106 valence electrons. The summed E-state index contributed by atoms with van der Waals surface area (Å²) in [5.41, 5.74) is 1.10. The average molecular weight is 285 g/mol. The number of rotatable bonds is 6. The zero-order valence-corrected chi connectivity index (χ0v) is 12.2. The van der Waals surface area contributed by atoms with E-state index < -0.39 is 15.8 Å². The number of hydrogen-bond acceptors (Lipinski definition) is 5. The molecule has 6 heteroatoms. The maximum atomic E-state index is 11.6. The second-order valence-corrected chi connectivity index (χ2v) is 6.64. The van der Waals surface area contributed by atoms with Gasteiger partial charge >= 0.3 is 5.97 Å². The van der Waals surface area contributed by atoms with Crippen LogP contribution in [0, 0.1) is 0 Å². The molecule has 0 atom stereocenters. The van der Waals surface area contributed by atoms with Crippen LogP contribution < -0.4 is 4.90 Å². The predicted molar refractivity (Wildman–Crippen MR) is 75.4 cm³/mol. The third-order valence-corrected chi connectivity index (χ3v) is 4.58. The number of anilines is 1. The molecule has 0 N–H and O–H groups in total. The van der Waals surface area contributed by atoms with Crippen molar-refractivity contribution >= 4 is 21.5 Å². The quantitative estimate of drug-likeness (QED) is 0.738. The second kappa shape index (κ2) is 6.56. The molecule has 1 aromatic carbocycles. The molecule has 0 saturated carbocycles. The van der Waals surface area contributed by atoms with Crippen molar-refractivity contribution in [3.05, 3.63) is 29.8 Å². The van der Waals surface area contributed by atoms with Crippen LogP contribution in [-0.2, 0) is 14.6 Å². The highest BCUT2D eigenvalue weighted by Gasteiger charge is 2.16. The molecule has 0 aliphatic heterocycles. The van der Waals surface area contributed by atoms with Gasteiger partial charge in [-0.1, -0.05) is 19.1 Å². The van der Waals surface area contributed by atoms with E-state index in [4.69, 9.17) is 4.74 Å². The van der Waals surface area contributed by atoms with E-state index in [9.17, 15) is 13.2 Å². The monoisotopic (exact) mass is 285 g/mol. The van der Waals surface area contributed by atoms with Gasteiger partial charge in [-0.25, -0.2) is 13.2 Å². The van der Waals surface area contributed by atoms with Gasteiger partial charge in [0.1, 0.15) is 0 Å². The lowest BCUT2D eigenvalue weighted by molar-refractivity contribution is 0.0601. The van der Waals surface area contributed by atoms with Gasteiger partial charge in [0.15, 0.2) is 9.84 Å². The third-order valence-electron chi connectivity index (χ3n) is 2.90. The van der Waals surface area contributed by atoms with Crippen molar-refractivity contribution in [1.29, 1.82) is 0 Å². The minimum atomic E-state index is -3.02. The average Bonchev–Trinajstić information content (AvgIpc) is 2.44. The molecule has 19 heavy (non-hydrogen) atoms. The van der Waals surface area contributed by atoms with Crippen LogP contribution >= 0.6 is 0 Å². The van der Waals surface area contributed by atoms with Gasteiger partial charge in [0.2, 0.25) is 0 Å². The van der Waals surface area contributed by atoms with Crippen molar-refractivity contribution in [3.63, 3.8) is 0 Å². The largest absolute Gasteiger partial charge is 0.465 e. The molecule has 0 bridgehead atoms. The molecule has 1 rings (SSSR count). The van der Waals surface area contributed by atoms with Crippen molar-refractivity contribution in [1.82, 2.24) is 0 Å². The lowest BCUT2D eigenvalue weighted by atomic mass is 10.1. The summed E-state index contributed by atoms with van der Waals surface area (Å²) in [6.07, 6.45) is 0. The van der Waals surface area contributed by atoms with E-state index in [-0.39, 0.29) is 11.5 Å². The fraction of sp³-hybridized carbons (Fsp3) is 0.462. The summed E-state index contributed by atoms with van der Waals surface area (Å²) in [6.45, 7) is 1.96. The molecule has 0 heterocycles. The van der Waals surface area contributed by atoms with Gasteiger partial charge in [0, 0.05) is 19.3 Å². The Morgan fingerprint density at radius 2 is 1.95 bits per heavy atom. The van der Waals surface area contributed by atoms with Crippen LogP contribution in [0.1, 0.15) is 17.3 Å². The molecular formula is C13H19NO4S. The van der Waals surface area contributed by atoms with Crippen molar-refractivity contribution in [3.8, 4) is 0 Å². The summed E-state index contributed by atoms with van der Waals surface area (Å²) in [5.74, 6) is -0.240. The van der Waals surface area contributed by atoms with Gasteiger partial charge in [-0.05, 0) is 12.1 Å². The highest BCUT2D eigenvalue weighted by Crippen LogP contribution is 2.19. The Morgan fingerprint density at radius 3 is 2.53 bits per heavy atom. The van der Waals surface area contributed by atoms with E-state index in [0.717, 1.165) is 0 Å². The van der Waals surface area contributed by atoms with Crippen LogP contribution in [0.4, 0.5) is 5.69 Å². The van der Waals surface area contributed by atoms with Crippen LogP contribution in [0.3, 0.4) is 0 Å². The van der Waals surface area contributed by atoms with Gasteiger partial charge in [0.05, 0.1) is 24.1 Å². The summed E-state index contributed by atoms with van der Waals surface area (Å²) < 4.78 is 27.7. The molecule has 0 fully saturated rings. The Kier molecular flexibility index (Phi) is 5.35.